The number of nitrogens with one attached hydrogen (secondary N) is 2. The molecule has 1 aromatic rings. The number of anilines is 2. The Labute approximate surface area is 117 Å². The van der Waals surface area contributed by atoms with Crippen LogP contribution >= 0.6 is 0 Å². The zero-order valence-corrected chi connectivity index (χ0v) is 11.8. The molecule has 0 fully saturated rings. The molecule has 0 aliphatic rings. The second-order valence-electron chi connectivity index (χ2n) is 5.01. The Morgan fingerprint density at radius 1 is 1.40 bits per heavy atom. The Bertz CT molecular complexity index is 502. The van der Waals surface area contributed by atoms with Crippen LogP contribution in [0.4, 0.5) is 17.1 Å². The van der Waals surface area contributed by atoms with Crippen LogP contribution in [-0.2, 0) is 4.79 Å². The van der Waals surface area contributed by atoms with Gasteiger partial charge in [-0.05, 0) is 25.0 Å². The number of nitro benzene ring substituents is 1. The van der Waals surface area contributed by atoms with E-state index in [9.17, 15) is 14.9 Å². The number of para-hydroxylation sites is 1. The fourth-order valence-corrected chi connectivity index (χ4v) is 1.64. The van der Waals surface area contributed by atoms with E-state index in [0.29, 0.717) is 12.5 Å². The zero-order valence-electron chi connectivity index (χ0n) is 11.8. The van der Waals surface area contributed by atoms with Gasteiger partial charge in [0.1, 0.15) is 17.4 Å². The minimum atomic E-state index is -0.589. The van der Waals surface area contributed by atoms with Crippen molar-refractivity contribution < 1.29 is 9.72 Å². The molecule has 0 spiro atoms. The van der Waals surface area contributed by atoms with Crippen molar-refractivity contribution in [1.82, 2.24) is 5.32 Å². The highest BCUT2D eigenvalue weighted by atomic mass is 16.6. The van der Waals surface area contributed by atoms with E-state index in [2.05, 4.69) is 10.6 Å². The largest absolute Gasteiger partial charge is 0.393 e. The minimum Gasteiger partial charge on any atom is -0.393 e. The van der Waals surface area contributed by atoms with E-state index in [0.717, 1.165) is 0 Å². The van der Waals surface area contributed by atoms with E-state index in [-0.39, 0.29) is 23.0 Å². The van der Waals surface area contributed by atoms with Crippen LogP contribution in [0.25, 0.3) is 0 Å². The summed E-state index contributed by atoms with van der Waals surface area (Å²) >= 11 is 0. The van der Waals surface area contributed by atoms with Gasteiger partial charge >= 0.3 is 5.69 Å². The molecule has 0 aliphatic carbocycles. The van der Waals surface area contributed by atoms with Crippen LogP contribution in [0.2, 0.25) is 0 Å². The van der Waals surface area contributed by atoms with Gasteiger partial charge in [-0.2, -0.15) is 0 Å². The van der Waals surface area contributed by atoms with Gasteiger partial charge in [0.15, 0.2) is 0 Å². The van der Waals surface area contributed by atoms with Gasteiger partial charge in [0, 0.05) is 6.54 Å². The topological polar surface area (TPSA) is 110 Å². The highest BCUT2D eigenvalue weighted by molar-refractivity contribution is 5.86. The number of carbonyl (C=O) groups is 1. The number of nitrogen functional groups attached to an aromatic ring is 1. The summed E-state index contributed by atoms with van der Waals surface area (Å²) in [6, 6.07) is 3.99. The fourth-order valence-electron chi connectivity index (χ4n) is 1.64. The lowest BCUT2D eigenvalue weighted by Crippen LogP contribution is -2.39. The number of carbonyl (C=O) groups excluding carboxylic acids is 1. The van der Waals surface area contributed by atoms with Crippen molar-refractivity contribution in [2.24, 2.45) is 5.92 Å². The lowest BCUT2D eigenvalue weighted by molar-refractivity contribution is -0.383. The van der Waals surface area contributed by atoms with E-state index >= 15 is 0 Å². The highest BCUT2D eigenvalue weighted by Gasteiger charge is 2.21. The third kappa shape index (κ3) is 4.11. The molecular formula is C13H20N4O3. The molecular weight excluding hydrogens is 260 g/mol. The molecule has 1 aromatic carbocycles. The summed E-state index contributed by atoms with van der Waals surface area (Å²) in [4.78, 5) is 22.3. The van der Waals surface area contributed by atoms with Gasteiger partial charge < -0.3 is 16.4 Å². The van der Waals surface area contributed by atoms with E-state index in [1.165, 1.54) is 12.1 Å². The number of rotatable bonds is 6. The SMILES string of the molecule is CC(C)CNC(=O)C(C)Nc1cccc(N)c1[N+](=O)[O-]. The van der Waals surface area contributed by atoms with Gasteiger partial charge in [0.25, 0.3) is 0 Å². The molecule has 7 heteroatoms. The molecule has 20 heavy (non-hydrogen) atoms. The van der Waals surface area contributed by atoms with Crippen molar-refractivity contribution in [1.29, 1.82) is 0 Å². The van der Waals surface area contributed by atoms with Gasteiger partial charge in [-0.25, -0.2) is 0 Å². The maximum atomic E-state index is 11.8. The first kappa shape index (κ1) is 15.7. The quantitative estimate of drug-likeness (QED) is 0.417. The number of nitrogens with zero attached hydrogens (tertiary/aromatic N) is 1. The third-order valence-electron chi connectivity index (χ3n) is 2.70. The molecule has 1 rings (SSSR count). The first-order chi connectivity index (χ1) is 9.32. The van der Waals surface area contributed by atoms with Crippen molar-refractivity contribution in [3.8, 4) is 0 Å². The van der Waals surface area contributed by atoms with Gasteiger partial charge in [-0.3, -0.25) is 14.9 Å². The van der Waals surface area contributed by atoms with Crippen molar-refractivity contribution in [3.05, 3.63) is 28.3 Å². The molecule has 1 amide bonds. The smallest absolute Gasteiger partial charge is 0.314 e. The molecule has 0 aliphatic heterocycles. The van der Waals surface area contributed by atoms with Crippen molar-refractivity contribution in [2.75, 3.05) is 17.6 Å². The molecule has 1 atom stereocenters. The van der Waals surface area contributed by atoms with Crippen molar-refractivity contribution in [2.45, 2.75) is 26.8 Å². The number of nitrogens with two attached hydrogens (primary N) is 1. The van der Waals surface area contributed by atoms with E-state index in [1.807, 2.05) is 13.8 Å². The molecule has 0 heterocycles. The number of amides is 1. The molecule has 0 radical (unpaired) electrons. The molecule has 7 nitrogen and oxygen atoms in total. The fraction of sp³-hybridized carbons (Fsp3) is 0.462. The predicted molar refractivity (Wildman–Crippen MR) is 78.4 cm³/mol. The minimum absolute atomic E-state index is 0.0646. The highest BCUT2D eigenvalue weighted by Crippen LogP contribution is 2.30. The maximum absolute atomic E-state index is 11.8. The molecule has 0 saturated heterocycles. The summed E-state index contributed by atoms with van der Waals surface area (Å²) in [6.45, 7) is 6.18. The van der Waals surface area contributed by atoms with Crippen LogP contribution in [0.15, 0.2) is 18.2 Å². The molecule has 1 unspecified atom stereocenters. The average Bonchev–Trinajstić information content (AvgIpc) is 2.35. The molecule has 0 aromatic heterocycles. The summed E-state index contributed by atoms with van der Waals surface area (Å²) < 4.78 is 0. The molecule has 0 saturated carbocycles. The first-order valence-electron chi connectivity index (χ1n) is 6.40. The van der Waals surface area contributed by atoms with Gasteiger partial charge in [0.05, 0.1) is 4.92 Å². The summed E-state index contributed by atoms with van der Waals surface area (Å²) in [7, 11) is 0. The van der Waals surface area contributed by atoms with Crippen molar-refractivity contribution in [3.63, 3.8) is 0 Å². The van der Waals surface area contributed by atoms with Crippen LogP contribution in [0, 0.1) is 16.0 Å². The van der Waals surface area contributed by atoms with E-state index in [4.69, 9.17) is 5.73 Å². The van der Waals surface area contributed by atoms with E-state index in [1.54, 1.807) is 13.0 Å². The van der Waals surface area contributed by atoms with Crippen molar-refractivity contribution >= 4 is 23.0 Å². The lowest BCUT2D eigenvalue weighted by Gasteiger charge is -2.16. The number of benzene rings is 1. The first-order valence-corrected chi connectivity index (χ1v) is 6.40. The Kier molecular flexibility index (Phi) is 5.31. The Balaban J connectivity index is 2.80. The zero-order chi connectivity index (χ0) is 15.3. The van der Waals surface area contributed by atoms with Crippen LogP contribution in [-0.4, -0.2) is 23.4 Å². The molecule has 0 bridgehead atoms. The second kappa shape index (κ2) is 6.74. The standard InChI is InChI=1S/C13H20N4O3/c1-8(2)7-15-13(18)9(3)16-11-6-4-5-10(14)12(11)17(19)20/h4-6,8-9,16H,7,14H2,1-3H3,(H,15,18). The second-order valence-corrected chi connectivity index (χ2v) is 5.01. The van der Waals surface area contributed by atoms with Crippen LogP contribution in [0.3, 0.4) is 0 Å². The average molecular weight is 280 g/mol. The number of nitro groups is 1. The number of hydrogen-bond donors (Lipinski definition) is 3. The molecule has 110 valence electrons. The van der Waals surface area contributed by atoms with Crippen LogP contribution < -0.4 is 16.4 Å². The summed E-state index contributed by atoms with van der Waals surface area (Å²) in [6.07, 6.45) is 0. The third-order valence-corrected chi connectivity index (χ3v) is 2.70. The lowest BCUT2D eigenvalue weighted by atomic mass is 10.2. The maximum Gasteiger partial charge on any atom is 0.314 e. The number of hydrogen-bond acceptors (Lipinski definition) is 5. The Morgan fingerprint density at radius 2 is 2.05 bits per heavy atom. The Morgan fingerprint density at radius 3 is 2.60 bits per heavy atom. The summed E-state index contributed by atoms with van der Waals surface area (Å²) in [5.41, 5.74) is 5.68. The Hall–Kier alpha value is -2.31. The van der Waals surface area contributed by atoms with Gasteiger partial charge in [-0.1, -0.05) is 19.9 Å². The predicted octanol–water partition coefficient (Wildman–Crippen LogP) is 1.75. The van der Waals surface area contributed by atoms with Gasteiger partial charge in [-0.15, -0.1) is 0 Å². The summed E-state index contributed by atoms with van der Waals surface area (Å²) in [5.74, 6) is 0.128. The van der Waals surface area contributed by atoms with E-state index < -0.39 is 11.0 Å². The van der Waals surface area contributed by atoms with Crippen LogP contribution in [0.1, 0.15) is 20.8 Å². The summed E-state index contributed by atoms with van der Waals surface area (Å²) in [5, 5.41) is 16.6. The van der Waals surface area contributed by atoms with Crippen LogP contribution in [0.5, 0.6) is 0 Å². The molecule has 4 N–H and O–H groups in total. The normalized spacial score (nSPS) is 12.0. The monoisotopic (exact) mass is 280 g/mol. The van der Waals surface area contributed by atoms with Gasteiger partial charge in [0.2, 0.25) is 5.91 Å².